The molecule has 0 aliphatic carbocycles. The summed E-state index contributed by atoms with van der Waals surface area (Å²) >= 11 is 3.49. The molecule has 8 rings (SSSR count). The van der Waals surface area contributed by atoms with E-state index in [1.165, 1.54) is 39.4 Å². The fraction of sp³-hybridized carbons (Fsp3) is 0.404. The summed E-state index contributed by atoms with van der Waals surface area (Å²) in [6.45, 7) is 13.6. The summed E-state index contributed by atoms with van der Waals surface area (Å²) in [4.78, 5) is 46.3. The minimum absolute atomic E-state index is 0.334. The van der Waals surface area contributed by atoms with Crippen molar-refractivity contribution in [2.45, 2.75) is 90.8 Å². The number of piperidine rings is 2. The topological polar surface area (TPSA) is 145 Å². The number of carboxylic acids is 2. The van der Waals surface area contributed by atoms with E-state index < -0.39 is 35.2 Å². The van der Waals surface area contributed by atoms with Gasteiger partial charge in [-0.15, -0.1) is 22.7 Å². The SMILES string of the molecule is CC(C)c1cc2c(CC3CCN(Cc4cc(F)cc(F)c4)CC3)ncnc2s1.CC(C)c1cc2c(NC3CCN(Cc4cc(F)cc(F)c4)CC3)ncnc2s1.O=C(O)/C=C\C(=O)O. The molecule has 4 aromatic heterocycles. The van der Waals surface area contributed by atoms with Crippen molar-refractivity contribution in [1.82, 2.24) is 29.7 Å². The highest BCUT2D eigenvalue weighted by atomic mass is 32.1. The summed E-state index contributed by atoms with van der Waals surface area (Å²) in [6.07, 6.45) is 9.47. The molecule has 2 aliphatic heterocycles. The van der Waals surface area contributed by atoms with E-state index in [1.807, 2.05) is 0 Å². The van der Waals surface area contributed by atoms with Gasteiger partial charge in [-0.3, -0.25) is 9.80 Å². The lowest BCUT2D eigenvalue weighted by molar-refractivity contribution is -0.134. The van der Waals surface area contributed by atoms with E-state index in [0.717, 1.165) is 97.0 Å². The Balaban J connectivity index is 0.000000182. The molecule has 6 heterocycles. The van der Waals surface area contributed by atoms with Crippen molar-refractivity contribution in [3.63, 3.8) is 0 Å². The van der Waals surface area contributed by atoms with Crippen LogP contribution in [0.1, 0.15) is 91.8 Å². The number of aliphatic carboxylic acids is 2. The quantitative estimate of drug-likeness (QED) is 0.0797. The van der Waals surface area contributed by atoms with Crippen LogP contribution in [-0.2, 0) is 29.1 Å². The van der Waals surface area contributed by atoms with Crippen LogP contribution < -0.4 is 5.32 Å². The third-order valence-electron chi connectivity index (χ3n) is 11.1. The normalized spacial score (nSPS) is 15.4. The molecule has 2 aromatic carbocycles. The van der Waals surface area contributed by atoms with Crippen LogP contribution in [0, 0.1) is 29.2 Å². The monoisotopic (exact) mass is 919 g/mol. The van der Waals surface area contributed by atoms with Crippen LogP contribution in [0.25, 0.3) is 20.4 Å². The molecule has 2 saturated heterocycles. The fourth-order valence-electron chi connectivity index (χ4n) is 7.76. The summed E-state index contributed by atoms with van der Waals surface area (Å²) < 4.78 is 53.6. The number of nitrogens with zero attached hydrogens (tertiary/aromatic N) is 6. The number of nitrogens with one attached hydrogen (secondary N) is 1. The van der Waals surface area contributed by atoms with Gasteiger partial charge < -0.3 is 15.5 Å². The van der Waals surface area contributed by atoms with Gasteiger partial charge in [0, 0.05) is 71.6 Å². The van der Waals surface area contributed by atoms with Crippen LogP contribution in [0.15, 0.2) is 73.3 Å². The van der Waals surface area contributed by atoms with E-state index >= 15 is 0 Å². The summed E-state index contributed by atoms with van der Waals surface area (Å²) in [5.74, 6) is -2.10. The van der Waals surface area contributed by atoms with E-state index in [0.29, 0.717) is 60.2 Å². The lowest BCUT2D eigenvalue weighted by atomic mass is 9.91. The number of rotatable bonds is 12. The first-order valence-electron chi connectivity index (χ1n) is 21.3. The molecular formula is C47H53F4N7O4S2. The number of anilines is 1. The van der Waals surface area contributed by atoms with E-state index in [-0.39, 0.29) is 0 Å². The number of aromatic nitrogens is 4. The van der Waals surface area contributed by atoms with Gasteiger partial charge in [0.25, 0.3) is 0 Å². The molecule has 3 N–H and O–H groups in total. The summed E-state index contributed by atoms with van der Waals surface area (Å²) in [5.41, 5.74) is 2.53. The Bertz CT molecular complexity index is 2340. The molecule has 2 aliphatic rings. The van der Waals surface area contributed by atoms with Crippen LogP contribution in [-0.4, -0.2) is 84.1 Å². The Hall–Kier alpha value is -5.36. The van der Waals surface area contributed by atoms with Crippen LogP contribution in [0.2, 0.25) is 0 Å². The van der Waals surface area contributed by atoms with Gasteiger partial charge in [-0.1, -0.05) is 27.7 Å². The number of fused-ring (bicyclic) bond motifs is 2. The van der Waals surface area contributed by atoms with E-state index in [1.54, 1.807) is 35.3 Å². The number of carboxylic acid groups (broad SMARTS) is 2. The molecule has 64 heavy (non-hydrogen) atoms. The van der Waals surface area contributed by atoms with Crippen molar-refractivity contribution in [2.24, 2.45) is 5.92 Å². The Morgan fingerprint density at radius 2 is 1.09 bits per heavy atom. The maximum atomic E-state index is 13.4. The number of carbonyl (C=O) groups is 2. The number of hydrogen-bond acceptors (Lipinski definition) is 11. The highest BCUT2D eigenvalue weighted by molar-refractivity contribution is 7.19. The zero-order chi connectivity index (χ0) is 45.9. The Morgan fingerprint density at radius 1 is 0.656 bits per heavy atom. The molecular weight excluding hydrogens is 867 g/mol. The van der Waals surface area contributed by atoms with Gasteiger partial charge in [0.05, 0.1) is 11.1 Å². The first kappa shape index (κ1) is 48.1. The lowest BCUT2D eigenvalue weighted by Crippen LogP contribution is -2.38. The molecule has 2 fully saturated rings. The molecule has 0 atom stereocenters. The molecule has 0 amide bonds. The predicted octanol–water partition coefficient (Wildman–Crippen LogP) is 10.4. The molecule has 0 spiro atoms. The van der Waals surface area contributed by atoms with Gasteiger partial charge >= 0.3 is 11.9 Å². The Kier molecular flexibility index (Phi) is 16.9. The van der Waals surface area contributed by atoms with Crippen LogP contribution in [0.3, 0.4) is 0 Å². The average molecular weight is 920 g/mol. The number of hydrogen-bond donors (Lipinski definition) is 3. The van der Waals surface area contributed by atoms with Crippen LogP contribution in [0.4, 0.5) is 23.4 Å². The van der Waals surface area contributed by atoms with Gasteiger partial charge in [0.2, 0.25) is 0 Å². The van der Waals surface area contributed by atoms with Crippen molar-refractivity contribution in [1.29, 1.82) is 0 Å². The minimum atomic E-state index is -1.26. The number of thiophene rings is 2. The highest BCUT2D eigenvalue weighted by Gasteiger charge is 2.23. The number of benzene rings is 2. The smallest absolute Gasteiger partial charge is 0.328 e. The van der Waals surface area contributed by atoms with E-state index in [2.05, 4.69) is 74.9 Å². The maximum absolute atomic E-state index is 13.4. The molecule has 340 valence electrons. The van der Waals surface area contributed by atoms with Gasteiger partial charge in [0.15, 0.2) is 0 Å². The van der Waals surface area contributed by atoms with E-state index in [4.69, 9.17) is 10.2 Å². The Morgan fingerprint density at radius 3 is 1.56 bits per heavy atom. The maximum Gasteiger partial charge on any atom is 0.328 e. The number of likely N-dealkylation sites (tertiary alicyclic amines) is 2. The molecule has 0 bridgehead atoms. The molecule has 0 radical (unpaired) electrons. The van der Waals surface area contributed by atoms with Crippen molar-refractivity contribution in [3.8, 4) is 0 Å². The first-order valence-corrected chi connectivity index (χ1v) is 22.9. The molecule has 6 aromatic rings. The minimum Gasteiger partial charge on any atom is -0.478 e. The van der Waals surface area contributed by atoms with Gasteiger partial charge in [-0.25, -0.2) is 47.1 Å². The van der Waals surface area contributed by atoms with Gasteiger partial charge in [-0.05, 0) is 110 Å². The summed E-state index contributed by atoms with van der Waals surface area (Å²) in [7, 11) is 0. The van der Waals surface area contributed by atoms with Crippen molar-refractivity contribution >= 4 is 60.9 Å². The first-order chi connectivity index (χ1) is 30.6. The standard InChI is InChI=1S/C22H25F2N3S.C21H24F2N4S.C4H4O4/c1-14(2)21-11-19-20(25-13-26-22(19)28-21)9-15-3-5-27(6-4-15)12-16-7-17(23)10-18(24)8-16;1-13(2)19-10-18-20(24-12-25-21(18)28-19)26-17-3-5-27(6-4-17)11-14-7-15(22)9-16(23)8-14;5-3(6)1-2-4(7)8/h7-8,10-11,13-15H,3-6,9,12H2,1-2H3;7-10,12-13,17H,3-6,11H2,1-2H3,(H,24,25,26);1-2H,(H,5,6)(H,7,8)/b;;2-1-. The molecule has 17 heteroatoms. The Labute approximate surface area is 377 Å². The molecule has 0 unspecified atom stereocenters. The fourth-order valence-corrected chi connectivity index (χ4v) is 9.78. The second-order valence-corrected chi connectivity index (χ2v) is 18.9. The van der Waals surface area contributed by atoms with Crippen LogP contribution >= 0.6 is 22.7 Å². The molecule has 11 nitrogen and oxygen atoms in total. The zero-order valence-electron chi connectivity index (χ0n) is 36.2. The second-order valence-electron chi connectivity index (χ2n) is 16.8. The van der Waals surface area contributed by atoms with Gasteiger partial charge in [0.1, 0.15) is 51.4 Å². The van der Waals surface area contributed by atoms with Crippen molar-refractivity contribution in [3.05, 3.63) is 123 Å². The second kappa shape index (κ2) is 22.5. The zero-order valence-corrected chi connectivity index (χ0v) is 37.9. The third kappa shape index (κ3) is 14.1. The average Bonchev–Trinajstić information content (AvgIpc) is 3.89. The van der Waals surface area contributed by atoms with E-state index in [9.17, 15) is 27.2 Å². The van der Waals surface area contributed by atoms with Crippen LogP contribution in [0.5, 0.6) is 0 Å². The number of halogens is 4. The largest absolute Gasteiger partial charge is 0.478 e. The highest BCUT2D eigenvalue weighted by Crippen LogP contribution is 2.34. The molecule has 0 saturated carbocycles. The van der Waals surface area contributed by atoms with Crippen molar-refractivity contribution < 1.29 is 37.4 Å². The lowest BCUT2D eigenvalue weighted by Gasteiger charge is -2.32. The third-order valence-corrected chi connectivity index (χ3v) is 13.7. The van der Waals surface area contributed by atoms with Gasteiger partial charge in [-0.2, -0.15) is 0 Å². The predicted molar refractivity (Wildman–Crippen MR) is 244 cm³/mol. The summed E-state index contributed by atoms with van der Waals surface area (Å²) in [5, 5.41) is 21.5. The van der Waals surface area contributed by atoms with Crippen molar-refractivity contribution in [2.75, 3.05) is 31.5 Å². The summed E-state index contributed by atoms with van der Waals surface area (Å²) in [6, 6.07) is 12.3.